The van der Waals surface area contributed by atoms with Crippen molar-refractivity contribution >= 4 is 11.8 Å². The Kier molecular flexibility index (Phi) is 6.13. The molecule has 28 heavy (non-hydrogen) atoms. The smallest absolute Gasteiger partial charge is 0.309 e. The molecule has 3 rings (SSSR count). The zero-order valence-corrected chi connectivity index (χ0v) is 15.6. The zero-order valence-electron chi connectivity index (χ0n) is 15.6. The van der Waals surface area contributed by atoms with Crippen molar-refractivity contribution in [2.24, 2.45) is 0 Å². The minimum absolute atomic E-state index is 0.0629. The lowest BCUT2D eigenvalue weighted by Gasteiger charge is -2.11. The van der Waals surface area contributed by atoms with Crippen molar-refractivity contribution in [3.63, 3.8) is 0 Å². The highest BCUT2D eigenvalue weighted by Crippen LogP contribution is 2.20. The number of nitrogens with zero attached hydrogens (tertiary/aromatic N) is 3. The fraction of sp³-hybridized carbons (Fsp3) is 0.200. The topological polar surface area (TPSA) is 98.1 Å². The Balaban J connectivity index is 1.85. The SMILES string of the molecule is CCOC(C)C(=O)NNC(=O)c1nc(-c2ccccc2)n(-c2ccccc2)n1. The van der Waals surface area contributed by atoms with Crippen LogP contribution >= 0.6 is 0 Å². The second kappa shape index (κ2) is 8.92. The summed E-state index contributed by atoms with van der Waals surface area (Å²) in [6.07, 6.45) is -0.681. The molecular formula is C20H21N5O3. The molecule has 2 amide bonds. The van der Waals surface area contributed by atoms with E-state index < -0.39 is 17.9 Å². The highest BCUT2D eigenvalue weighted by atomic mass is 16.5. The fourth-order valence-electron chi connectivity index (χ4n) is 2.53. The van der Waals surface area contributed by atoms with Crippen LogP contribution in [-0.2, 0) is 9.53 Å². The van der Waals surface area contributed by atoms with Gasteiger partial charge in [-0.2, -0.15) is 0 Å². The van der Waals surface area contributed by atoms with Crippen molar-refractivity contribution in [3.05, 3.63) is 66.5 Å². The molecule has 8 heteroatoms. The number of benzene rings is 2. The Bertz CT molecular complexity index is 884. The van der Waals surface area contributed by atoms with Crippen molar-refractivity contribution < 1.29 is 14.3 Å². The average molecular weight is 379 g/mol. The maximum Gasteiger partial charge on any atom is 0.309 e. The number of hydrogen-bond acceptors (Lipinski definition) is 5. The van der Waals surface area contributed by atoms with E-state index in [1.165, 1.54) is 0 Å². The first-order valence-corrected chi connectivity index (χ1v) is 8.90. The summed E-state index contributed by atoms with van der Waals surface area (Å²) < 4.78 is 6.77. The maximum absolute atomic E-state index is 12.5. The van der Waals surface area contributed by atoms with E-state index in [2.05, 4.69) is 20.9 Å². The number of rotatable bonds is 6. The van der Waals surface area contributed by atoms with Gasteiger partial charge in [0.2, 0.25) is 5.82 Å². The van der Waals surface area contributed by atoms with E-state index in [-0.39, 0.29) is 5.82 Å². The quantitative estimate of drug-likeness (QED) is 0.639. The number of carbonyl (C=O) groups is 2. The van der Waals surface area contributed by atoms with E-state index >= 15 is 0 Å². The summed E-state index contributed by atoms with van der Waals surface area (Å²) in [7, 11) is 0. The second-order valence-corrected chi connectivity index (χ2v) is 5.91. The third-order valence-electron chi connectivity index (χ3n) is 3.93. The lowest BCUT2D eigenvalue weighted by Crippen LogP contribution is -2.46. The molecule has 0 bridgehead atoms. The van der Waals surface area contributed by atoms with Crippen molar-refractivity contribution in [3.8, 4) is 17.1 Å². The van der Waals surface area contributed by atoms with Crippen LogP contribution in [0.2, 0.25) is 0 Å². The molecule has 0 radical (unpaired) electrons. The third-order valence-corrected chi connectivity index (χ3v) is 3.93. The number of nitrogens with one attached hydrogen (secondary N) is 2. The van der Waals surface area contributed by atoms with Gasteiger partial charge in [-0.25, -0.2) is 9.67 Å². The molecule has 1 heterocycles. The molecule has 2 N–H and O–H groups in total. The largest absolute Gasteiger partial charge is 0.369 e. The van der Waals surface area contributed by atoms with Gasteiger partial charge in [0.1, 0.15) is 6.10 Å². The van der Waals surface area contributed by atoms with E-state index in [9.17, 15) is 9.59 Å². The van der Waals surface area contributed by atoms with Crippen LogP contribution in [0.15, 0.2) is 60.7 Å². The molecule has 0 spiro atoms. The van der Waals surface area contributed by atoms with E-state index in [1.54, 1.807) is 18.5 Å². The van der Waals surface area contributed by atoms with Gasteiger partial charge in [0.05, 0.1) is 5.69 Å². The van der Waals surface area contributed by atoms with Crippen molar-refractivity contribution in [2.75, 3.05) is 6.61 Å². The second-order valence-electron chi connectivity index (χ2n) is 5.91. The summed E-state index contributed by atoms with van der Waals surface area (Å²) in [4.78, 5) is 28.7. The predicted octanol–water partition coefficient (Wildman–Crippen LogP) is 2.12. The van der Waals surface area contributed by atoms with Gasteiger partial charge >= 0.3 is 5.91 Å². The Morgan fingerprint density at radius 3 is 2.32 bits per heavy atom. The number of hydrogen-bond donors (Lipinski definition) is 2. The first kappa shape index (κ1) is 19.2. The molecule has 144 valence electrons. The first-order chi connectivity index (χ1) is 13.6. The highest BCUT2D eigenvalue weighted by Gasteiger charge is 2.20. The minimum atomic E-state index is -0.681. The van der Waals surface area contributed by atoms with Gasteiger partial charge in [0.15, 0.2) is 5.82 Å². The monoisotopic (exact) mass is 379 g/mol. The first-order valence-electron chi connectivity index (χ1n) is 8.90. The van der Waals surface area contributed by atoms with Crippen LogP contribution < -0.4 is 10.9 Å². The number of para-hydroxylation sites is 1. The van der Waals surface area contributed by atoms with Crippen LogP contribution in [0.4, 0.5) is 0 Å². The van der Waals surface area contributed by atoms with Crippen LogP contribution in [0.1, 0.15) is 24.5 Å². The number of ether oxygens (including phenoxy) is 1. The summed E-state index contributed by atoms with van der Waals surface area (Å²) in [5.74, 6) is -0.622. The molecule has 1 atom stereocenters. The Morgan fingerprint density at radius 1 is 1.04 bits per heavy atom. The lowest BCUT2D eigenvalue weighted by atomic mass is 10.2. The zero-order chi connectivity index (χ0) is 19.9. The number of aromatic nitrogens is 3. The Hall–Kier alpha value is -3.52. The lowest BCUT2D eigenvalue weighted by molar-refractivity contribution is -0.132. The average Bonchev–Trinajstić information content (AvgIpc) is 3.19. The van der Waals surface area contributed by atoms with Crippen LogP contribution in [0.25, 0.3) is 17.1 Å². The number of amides is 2. The summed E-state index contributed by atoms with van der Waals surface area (Å²) in [6, 6.07) is 18.8. The molecule has 0 fully saturated rings. The molecule has 0 saturated carbocycles. The van der Waals surface area contributed by atoms with Gasteiger partial charge in [-0.3, -0.25) is 20.4 Å². The van der Waals surface area contributed by atoms with E-state index in [0.29, 0.717) is 12.4 Å². The predicted molar refractivity (Wildman–Crippen MR) is 103 cm³/mol. The molecule has 2 aromatic carbocycles. The van der Waals surface area contributed by atoms with Crippen LogP contribution in [0.3, 0.4) is 0 Å². The van der Waals surface area contributed by atoms with Crippen LogP contribution in [0, 0.1) is 0 Å². The van der Waals surface area contributed by atoms with Gasteiger partial charge < -0.3 is 4.74 Å². The van der Waals surface area contributed by atoms with Crippen molar-refractivity contribution in [1.82, 2.24) is 25.6 Å². The minimum Gasteiger partial charge on any atom is -0.369 e. The maximum atomic E-state index is 12.5. The summed E-state index contributed by atoms with van der Waals surface area (Å²) >= 11 is 0. The van der Waals surface area contributed by atoms with Gasteiger partial charge in [-0.15, -0.1) is 5.10 Å². The van der Waals surface area contributed by atoms with Gasteiger partial charge in [0.25, 0.3) is 5.91 Å². The van der Waals surface area contributed by atoms with Gasteiger partial charge in [0, 0.05) is 12.2 Å². The number of carbonyl (C=O) groups excluding carboxylic acids is 2. The van der Waals surface area contributed by atoms with Crippen molar-refractivity contribution in [1.29, 1.82) is 0 Å². The van der Waals surface area contributed by atoms with Crippen LogP contribution in [0.5, 0.6) is 0 Å². The molecule has 0 aliphatic heterocycles. The highest BCUT2D eigenvalue weighted by molar-refractivity contribution is 5.93. The van der Waals surface area contributed by atoms with Crippen LogP contribution in [-0.4, -0.2) is 39.3 Å². The third kappa shape index (κ3) is 4.41. The fourth-order valence-corrected chi connectivity index (χ4v) is 2.53. The Labute approximate surface area is 162 Å². The molecule has 0 aliphatic carbocycles. The summed E-state index contributed by atoms with van der Waals surface area (Å²) in [6.45, 7) is 3.78. The summed E-state index contributed by atoms with van der Waals surface area (Å²) in [5.41, 5.74) is 6.22. The van der Waals surface area contributed by atoms with Gasteiger partial charge in [-0.05, 0) is 26.0 Å². The summed E-state index contributed by atoms with van der Waals surface area (Å²) in [5, 5.41) is 4.33. The number of hydrazine groups is 1. The Morgan fingerprint density at radius 2 is 1.68 bits per heavy atom. The molecule has 8 nitrogen and oxygen atoms in total. The normalized spacial score (nSPS) is 11.6. The molecule has 1 unspecified atom stereocenters. The standard InChI is InChI=1S/C20H21N5O3/c1-3-28-14(2)19(26)22-23-20(27)17-21-18(15-10-6-4-7-11-15)25(24-17)16-12-8-5-9-13-16/h4-14H,3H2,1-2H3,(H,22,26)(H,23,27). The molecule has 1 aromatic heterocycles. The van der Waals surface area contributed by atoms with Gasteiger partial charge in [-0.1, -0.05) is 48.5 Å². The molecule has 3 aromatic rings. The van der Waals surface area contributed by atoms with E-state index in [0.717, 1.165) is 11.3 Å². The van der Waals surface area contributed by atoms with E-state index in [4.69, 9.17) is 4.74 Å². The van der Waals surface area contributed by atoms with Crippen molar-refractivity contribution in [2.45, 2.75) is 20.0 Å². The molecule has 0 saturated heterocycles. The van der Waals surface area contributed by atoms with E-state index in [1.807, 2.05) is 60.7 Å². The molecule has 0 aliphatic rings. The molecular weight excluding hydrogens is 358 g/mol.